The predicted molar refractivity (Wildman–Crippen MR) is 167 cm³/mol. The summed E-state index contributed by atoms with van der Waals surface area (Å²) in [6.45, 7) is 0. The Kier molecular flexibility index (Phi) is 6.11. The monoisotopic (exact) mass is 514 g/mol. The van der Waals surface area contributed by atoms with Crippen LogP contribution < -0.4 is 5.43 Å². The lowest BCUT2D eigenvalue weighted by atomic mass is 10.0. The van der Waals surface area contributed by atoms with E-state index in [1.165, 1.54) is 0 Å². The SMILES string of the molecule is C(=N/Nc1cc(-c2ccccc2)c2ccccc2n1)/c1c(-c2ccccc2)n(-c2ccccc2)c2ccccc12. The van der Waals surface area contributed by atoms with Crippen LogP contribution in [0, 0.1) is 0 Å². The highest BCUT2D eigenvalue weighted by Gasteiger charge is 2.18. The Balaban J connectivity index is 1.36. The summed E-state index contributed by atoms with van der Waals surface area (Å²) in [6, 6.07) is 50.1. The molecule has 0 saturated heterocycles. The van der Waals surface area contributed by atoms with Gasteiger partial charge in [0, 0.05) is 22.0 Å². The van der Waals surface area contributed by atoms with E-state index in [4.69, 9.17) is 10.1 Å². The Hall–Kier alpha value is -5.48. The highest BCUT2D eigenvalue weighted by atomic mass is 15.3. The molecule has 0 atom stereocenters. The molecule has 2 heterocycles. The van der Waals surface area contributed by atoms with E-state index in [0.29, 0.717) is 5.82 Å². The lowest BCUT2D eigenvalue weighted by Crippen LogP contribution is -1.99. The lowest BCUT2D eigenvalue weighted by molar-refractivity contribution is 1.13. The van der Waals surface area contributed by atoms with Crippen molar-refractivity contribution in [3.8, 4) is 28.1 Å². The quantitative estimate of drug-likeness (QED) is 0.178. The van der Waals surface area contributed by atoms with Crippen LogP contribution in [0.2, 0.25) is 0 Å². The van der Waals surface area contributed by atoms with Crippen LogP contribution in [0.5, 0.6) is 0 Å². The summed E-state index contributed by atoms with van der Waals surface area (Å²) in [5.74, 6) is 0.696. The Morgan fingerprint density at radius 2 is 1.20 bits per heavy atom. The molecule has 4 nitrogen and oxygen atoms in total. The molecule has 0 amide bonds. The van der Waals surface area contributed by atoms with Gasteiger partial charge >= 0.3 is 0 Å². The molecule has 1 N–H and O–H groups in total. The molecule has 0 unspecified atom stereocenters. The fraction of sp³-hybridized carbons (Fsp3) is 0. The molecule has 40 heavy (non-hydrogen) atoms. The lowest BCUT2D eigenvalue weighted by Gasteiger charge is -2.12. The molecule has 0 aliphatic carbocycles. The Bertz CT molecular complexity index is 1960. The van der Waals surface area contributed by atoms with Gasteiger partial charge in [-0.25, -0.2) is 4.98 Å². The summed E-state index contributed by atoms with van der Waals surface area (Å²) in [5.41, 5.74) is 11.9. The van der Waals surface area contributed by atoms with Crippen molar-refractivity contribution < 1.29 is 0 Å². The second-order valence-electron chi connectivity index (χ2n) is 9.62. The number of nitrogens with zero attached hydrogens (tertiary/aromatic N) is 3. The second kappa shape index (κ2) is 10.4. The molecule has 0 bridgehead atoms. The standard InChI is InChI=1S/C36H26N4/c1-4-14-26(15-5-1)31-24-35(38-33-22-12-10-20-29(31)33)39-37-25-32-30-21-11-13-23-34(30)40(28-18-8-3-9-19-28)36(32)27-16-6-2-7-17-27/h1-25H,(H,38,39)/b37-25-. The van der Waals surface area contributed by atoms with E-state index >= 15 is 0 Å². The van der Waals surface area contributed by atoms with Crippen molar-refractivity contribution in [2.75, 3.05) is 5.43 Å². The average molecular weight is 515 g/mol. The van der Waals surface area contributed by atoms with Gasteiger partial charge in [-0.2, -0.15) is 5.10 Å². The van der Waals surface area contributed by atoms with Crippen molar-refractivity contribution >= 4 is 33.8 Å². The zero-order chi connectivity index (χ0) is 26.7. The second-order valence-corrected chi connectivity index (χ2v) is 9.62. The zero-order valence-electron chi connectivity index (χ0n) is 21.8. The summed E-state index contributed by atoms with van der Waals surface area (Å²) in [6.07, 6.45) is 1.92. The molecule has 7 aromatic rings. The van der Waals surface area contributed by atoms with Gasteiger partial charge in [-0.3, -0.25) is 5.43 Å². The van der Waals surface area contributed by atoms with Gasteiger partial charge in [-0.1, -0.05) is 115 Å². The third-order valence-electron chi connectivity index (χ3n) is 7.15. The molecule has 7 rings (SSSR count). The van der Waals surface area contributed by atoms with Gasteiger partial charge in [0.05, 0.1) is 22.9 Å². The van der Waals surface area contributed by atoms with Gasteiger partial charge in [0.25, 0.3) is 0 Å². The van der Waals surface area contributed by atoms with E-state index in [9.17, 15) is 0 Å². The minimum atomic E-state index is 0.696. The minimum absolute atomic E-state index is 0.696. The molecule has 0 spiro atoms. The van der Waals surface area contributed by atoms with E-state index in [-0.39, 0.29) is 0 Å². The van der Waals surface area contributed by atoms with E-state index < -0.39 is 0 Å². The summed E-state index contributed by atoms with van der Waals surface area (Å²) < 4.78 is 2.31. The van der Waals surface area contributed by atoms with Crippen LogP contribution in [0.1, 0.15) is 5.56 Å². The predicted octanol–water partition coefficient (Wildman–Crippen LogP) is 8.96. The highest BCUT2D eigenvalue weighted by Crippen LogP contribution is 2.36. The number of hydrogen-bond acceptors (Lipinski definition) is 3. The summed E-state index contributed by atoms with van der Waals surface area (Å²) in [5, 5.41) is 6.99. The topological polar surface area (TPSA) is 42.2 Å². The average Bonchev–Trinajstić information content (AvgIpc) is 3.36. The number of pyridine rings is 1. The number of para-hydroxylation sites is 3. The molecular weight excluding hydrogens is 488 g/mol. The van der Waals surface area contributed by atoms with Crippen LogP contribution in [0.15, 0.2) is 151 Å². The number of fused-ring (bicyclic) bond motifs is 2. The molecule has 0 radical (unpaired) electrons. The number of aromatic nitrogens is 2. The van der Waals surface area contributed by atoms with E-state index in [1.807, 2.05) is 36.5 Å². The molecule has 5 aromatic carbocycles. The maximum atomic E-state index is 4.86. The van der Waals surface area contributed by atoms with Crippen LogP contribution >= 0.6 is 0 Å². The first-order valence-corrected chi connectivity index (χ1v) is 13.4. The first-order chi connectivity index (χ1) is 19.9. The summed E-state index contributed by atoms with van der Waals surface area (Å²) in [4.78, 5) is 4.86. The molecule has 0 saturated carbocycles. The summed E-state index contributed by atoms with van der Waals surface area (Å²) in [7, 11) is 0. The van der Waals surface area contributed by atoms with Crippen molar-refractivity contribution in [3.63, 3.8) is 0 Å². The minimum Gasteiger partial charge on any atom is -0.309 e. The Morgan fingerprint density at radius 1 is 0.600 bits per heavy atom. The van der Waals surface area contributed by atoms with Crippen molar-refractivity contribution in [1.82, 2.24) is 9.55 Å². The van der Waals surface area contributed by atoms with Gasteiger partial charge in [-0.05, 0) is 47.0 Å². The fourth-order valence-electron chi connectivity index (χ4n) is 5.37. The van der Waals surface area contributed by atoms with Gasteiger partial charge in [0.15, 0.2) is 0 Å². The molecule has 4 heteroatoms. The van der Waals surface area contributed by atoms with Gasteiger partial charge in [0.2, 0.25) is 0 Å². The number of nitrogens with one attached hydrogen (secondary N) is 1. The maximum absolute atomic E-state index is 4.86. The van der Waals surface area contributed by atoms with E-state index in [1.54, 1.807) is 0 Å². The third-order valence-corrected chi connectivity index (χ3v) is 7.15. The smallest absolute Gasteiger partial charge is 0.147 e. The summed E-state index contributed by atoms with van der Waals surface area (Å²) >= 11 is 0. The van der Waals surface area contributed by atoms with Crippen molar-refractivity contribution in [2.45, 2.75) is 0 Å². The van der Waals surface area contributed by atoms with Crippen molar-refractivity contribution in [1.29, 1.82) is 0 Å². The van der Waals surface area contributed by atoms with Crippen LogP contribution in [-0.2, 0) is 0 Å². The molecule has 0 aliphatic rings. The highest BCUT2D eigenvalue weighted by molar-refractivity contribution is 6.07. The number of hydrazone groups is 1. The fourth-order valence-corrected chi connectivity index (χ4v) is 5.37. The molecular formula is C36H26N4. The first kappa shape index (κ1) is 23.6. The van der Waals surface area contributed by atoms with E-state index in [0.717, 1.165) is 55.4 Å². The van der Waals surface area contributed by atoms with Crippen LogP contribution in [0.25, 0.3) is 49.9 Å². The van der Waals surface area contributed by atoms with Gasteiger partial charge < -0.3 is 4.57 Å². The van der Waals surface area contributed by atoms with Crippen molar-refractivity contribution in [2.24, 2.45) is 5.10 Å². The van der Waals surface area contributed by atoms with E-state index in [2.05, 4.69) is 125 Å². The van der Waals surface area contributed by atoms with Crippen LogP contribution in [0.3, 0.4) is 0 Å². The van der Waals surface area contributed by atoms with Crippen LogP contribution in [-0.4, -0.2) is 15.8 Å². The molecule has 190 valence electrons. The maximum Gasteiger partial charge on any atom is 0.147 e. The van der Waals surface area contributed by atoms with Gasteiger partial charge in [-0.15, -0.1) is 0 Å². The number of anilines is 1. The number of hydrogen-bond donors (Lipinski definition) is 1. The first-order valence-electron chi connectivity index (χ1n) is 13.4. The number of benzene rings is 5. The largest absolute Gasteiger partial charge is 0.309 e. The Labute approximate surface area is 232 Å². The molecule has 0 fully saturated rings. The number of rotatable bonds is 6. The Morgan fingerprint density at radius 3 is 1.95 bits per heavy atom. The molecule has 2 aromatic heterocycles. The molecule has 0 aliphatic heterocycles. The normalized spacial score (nSPS) is 11.4. The third kappa shape index (κ3) is 4.32. The zero-order valence-corrected chi connectivity index (χ0v) is 21.8. The van der Waals surface area contributed by atoms with Crippen molar-refractivity contribution in [3.05, 3.63) is 151 Å². The van der Waals surface area contributed by atoms with Crippen LogP contribution in [0.4, 0.5) is 5.82 Å². The van der Waals surface area contributed by atoms with Gasteiger partial charge in [0.1, 0.15) is 5.82 Å².